The van der Waals surface area contributed by atoms with Crippen molar-refractivity contribution in [2.45, 2.75) is 21.7 Å². The van der Waals surface area contributed by atoms with E-state index >= 15 is 0 Å². The second-order valence-electron chi connectivity index (χ2n) is 36.8. The van der Waals surface area contributed by atoms with Crippen LogP contribution in [0.2, 0.25) is 0 Å². The van der Waals surface area contributed by atoms with Crippen molar-refractivity contribution < 1.29 is 0 Å². The molecule has 22 aromatic rings. The SMILES string of the molecule is c1ccc(-c2nc(-c3ccc(-c4ccc(-c5ccc6c(c5)C5(c7ccccc7-c7ccccc75)c5ccccc5C65c6ccccc6-c6ccccc65)cc4)cc3)nc(-c3ccc(-c4cccc5c4-c4ccccc4C54c5ccccc5C5(c6ccccc6-c6ccccc65)c5cc(-c6ccc(-c7cccc(-c8nc(-c9ccccc9)nc(-c9ccccc9)n8)c7)cc6)ccc54)cc3)n2)cc1. The van der Waals surface area contributed by atoms with Gasteiger partial charge in [-0.1, -0.05) is 467 Å². The number of nitrogens with zero attached hydrogens (tertiary/aromatic N) is 6. The molecular formula is C130H80N6. The maximum atomic E-state index is 5.38. The van der Waals surface area contributed by atoms with Crippen LogP contribution in [0.1, 0.15) is 89.0 Å². The van der Waals surface area contributed by atoms with Gasteiger partial charge in [-0.2, -0.15) is 0 Å². The molecule has 20 aromatic carbocycles. The van der Waals surface area contributed by atoms with Gasteiger partial charge in [0.1, 0.15) is 0 Å². The molecule has 1 atom stereocenters. The van der Waals surface area contributed by atoms with E-state index in [1.54, 1.807) is 0 Å². The van der Waals surface area contributed by atoms with Crippen LogP contribution < -0.4 is 0 Å². The van der Waals surface area contributed by atoms with E-state index in [1.165, 1.54) is 139 Å². The first-order chi connectivity index (χ1) is 67.4. The van der Waals surface area contributed by atoms with Crippen molar-refractivity contribution in [3.8, 4) is 168 Å². The van der Waals surface area contributed by atoms with Gasteiger partial charge in [0.15, 0.2) is 34.9 Å². The Hall–Kier alpha value is -17.6. The Morgan fingerprint density at radius 2 is 0.294 bits per heavy atom. The number of fused-ring (bicyclic) bond motifs is 32. The Bertz CT molecular complexity index is 8510. The predicted molar refractivity (Wildman–Crippen MR) is 549 cm³/mol. The highest BCUT2D eigenvalue weighted by Crippen LogP contribution is 2.71. The fourth-order valence-electron chi connectivity index (χ4n) is 24.6. The molecule has 6 aliphatic rings. The van der Waals surface area contributed by atoms with Crippen LogP contribution in [0.25, 0.3) is 168 Å². The minimum absolute atomic E-state index is 0.550. The average Bonchev–Trinajstić information content (AvgIpc) is 1.47. The van der Waals surface area contributed by atoms with Gasteiger partial charge >= 0.3 is 0 Å². The molecule has 136 heavy (non-hydrogen) atoms. The Kier molecular flexibility index (Phi) is 17.0. The van der Waals surface area contributed by atoms with E-state index in [1.807, 2.05) is 78.9 Å². The molecule has 0 N–H and O–H groups in total. The molecule has 0 saturated carbocycles. The molecule has 0 aliphatic heterocycles. The third-order valence-electron chi connectivity index (χ3n) is 30.2. The van der Waals surface area contributed by atoms with E-state index in [-0.39, 0.29) is 0 Å². The van der Waals surface area contributed by atoms with Gasteiger partial charge in [0.05, 0.1) is 21.7 Å². The number of aromatic nitrogens is 6. The summed E-state index contributed by atoms with van der Waals surface area (Å²) in [5.41, 5.74) is 45.1. The summed E-state index contributed by atoms with van der Waals surface area (Å²) in [6.07, 6.45) is 0. The second kappa shape index (κ2) is 30.0. The topological polar surface area (TPSA) is 77.3 Å². The van der Waals surface area contributed by atoms with Crippen LogP contribution in [0.15, 0.2) is 485 Å². The second-order valence-corrected chi connectivity index (χ2v) is 36.8. The first-order valence-corrected chi connectivity index (χ1v) is 46.9. The van der Waals surface area contributed by atoms with E-state index in [0.29, 0.717) is 34.9 Å². The molecular weight excluding hydrogens is 1650 g/mol. The van der Waals surface area contributed by atoms with Crippen molar-refractivity contribution in [3.63, 3.8) is 0 Å². The van der Waals surface area contributed by atoms with E-state index in [2.05, 4.69) is 406 Å². The van der Waals surface area contributed by atoms with Gasteiger partial charge in [-0.3, -0.25) is 0 Å². The smallest absolute Gasteiger partial charge is 0.164 e. The standard InChI is InChI=1S/C130H80N6/c1-4-30-87(31-5-1)121-132-124(90-70-66-82(67-71-90)81-58-60-84(61-59-81)93-74-76-115-118(79-93)128(106-48-19-12-40-99(106)100-41-13-20-49-107(100)128)112-54-25-24-53-111(112)127(115)104-46-17-10-38-97(104)98-39-11-18-47-105(98)127)134-125(133-121)91-72-68-86(69-73-91)96-45-29-57-117-120(96)103-44-16-23-52-110(103)130(117)114-56-27-26-55-113(114)129(108-50-21-14-42-101(108)102-43-15-22-51-109(102)129)119-80-94(75-77-116(119)130)85-64-62-83(63-65-85)92-36-28-37-95(78-92)126-135-122(88-32-6-2-7-33-88)131-123(136-126)89-34-8-3-9-35-89/h1-80H. The van der Waals surface area contributed by atoms with Crippen LogP contribution in [0.5, 0.6) is 0 Å². The van der Waals surface area contributed by atoms with Crippen LogP contribution >= 0.6 is 0 Å². The first kappa shape index (κ1) is 77.2. The van der Waals surface area contributed by atoms with Crippen molar-refractivity contribution in [2.75, 3.05) is 0 Å². The van der Waals surface area contributed by atoms with Crippen LogP contribution in [-0.4, -0.2) is 29.9 Å². The van der Waals surface area contributed by atoms with Crippen molar-refractivity contribution in [3.05, 3.63) is 574 Å². The normalized spacial score (nSPS) is 14.7. The van der Waals surface area contributed by atoms with Crippen molar-refractivity contribution in [1.29, 1.82) is 0 Å². The largest absolute Gasteiger partial charge is 0.208 e. The van der Waals surface area contributed by atoms with Gasteiger partial charge in [-0.05, 0) is 207 Å². The number of hydrogen-bond acceptors (Lipinski definition) is 6. The van der Waals surface area contributed by atoms with Crippen LogP contribution in [0.4, 0.5) is 0 Å². The van der Waals surface area contributed by atoms with Gasteiger partial charge in [0.25, 0.3) is 0 Å². The van der Waals surface area contributed by atoms with Gasteiger partial charge < -0.3 is 0 Å². The molecule has 0 fully saturated rings. The minimum atomic E-state index is -0.734. The summed E-state index contributed by atoms with van der Waals surface area (Å²) in [4.78, 5) is 31.2. The van der Waals surface area contributed by atoms with Crippen LogP contribution in [0.3, 0.4) is 0 Å². The van der Waals surface area contributed by atoms with Crippen molar-refractivity contribution >= 4 is 0 Å². The van der Waals surface area contributed by atoms with Crippen LogP contribution in [-0.2, 0) is 21.7 Å². The van der Waals surface area contributed by atoms with Gasteiger partial charge in [0, 0.05) is 33.4 Å². The Labute approximate surface area is 788 Å². The van der Waals surface area contributed by atoms with E-state index in [0.717, 1.165) is 83.5 Å². The minimum Gasteiger partial charge on any atom is -0.208 e. The molecule has 0 radical (unpaired) electrons. The molecule has 28 rings (SSSR count). The van der Waals surface area contributed by atoms with E-state index in [9.17, 15) is 0 Å². The molecule has 2 heterocycles. The fraction of sp³-hybridized carbons (Fsp3) is 0.0308. The predicted octanol–water partition coefficient (Wildman–Crippen LogP) is 30.5. The molecule has 6 aliphatic carbocycles. The Balaban J connectivity index is 0.522. The highest BCUT2D eigenvalue weighted by molar-refractivity contribution is 6.01. The molecule has 6 nitrogen and oxygen atoms in total. The Morgan fingerprint density at radius 3 is 0.632 bits per heavy atom. The summed E-state index contributed by atoms with van der Waals surface area (Å²) in [6.45, 7) is 0. The number of rotatable bonds is 11. The maximum absolute atomic E-state index is 5.38. The third kappa shape index (κ3) is 11.0. The molecule has 1 unspecified atom stereocenters. The summed E-state index contributed by atoms with van der Waals surface area (Å²) in [5.74, 6) is 3.68. The summed E-state index contributed by atoms with van der Waals surface area (Å²) >= 11 is 0. The molecule has 630 valence electrons. The molecule has 0 bridgehead atoms. The lowest BCUT2D eigenvalue weighted by Gasteiger charge is -2.49. The number of benzene rings is 20. The maximum Gasteiger partial charge on any atom is 0.164 e. The highest BCUT2D eigenvalue weighted by atomic mass is 15.0. The molecule has 2 aromatic heterocycles. The average molecular weight is 1730 g/mol. The summed E-state index contributed by atoms with van der Waals surface area (Å²) in [7, 11) is 0. The van der Waals surface area contributed by atoms with E-state index in [4.69, 9.17) is 29.9 Å². The molecule has 0 saturated heterocycles. The monoisotopic (exact) mass is 1720 g/mol. The van der Waals surface area contributed by atoms with Crippen molar-refractivity contribution in [1.82, 2.24) is 29.9 Å². The number of hydrogen-bond donors (Lipinski definition) is 0. The zero-order valence-corrected chi connectivity index (χ0v) is 73.9. The lowest BCUT2D eigenvalue weighted by Crippen LogP contribution is -2.43. The third-order valence-corrected chi connectivity index (χ3v) is 30.2. The van der Waals surface area contributed by atoms with Gasteiger partial charge in [0.2, 0.25) is 0 Å². The molecule has 4 spiro atoms. The van der Waals surface area contributed by atoms with Crippen molar-refractivity contribution in [2.24, 2.45) is 0 Å². The lowest BCUT2D eigenvalue weighted by atomic mass is 9.52. The lowest BCUT2D eigenvalue weighted by molar-refractivity contribution is 0.633. The van der Waals surface area contributed by atoms with Gasteiger partial charge in [-0.15, -0.1) is 0 Å². The molecule has 6 heteroatoms. The van der Waals surface area contributed by atoms with Gasteiger partial charge in [-0.25, -0.2) is 29.9 Å². The first-order valence-electron chi connectivity index (χ1n) is 46.9. The quantitative estimate of drug-likeness (QED) is 0.128. The zero-order valence-electron chi connectivity index (χ0n) is 73.9. The summed E-state index contributed by atoms with van der Waals surface area (Å²) in [5, 5.41) is 0. The zero-order chi connectivity index (χ0) is 89.4. The fourth-order valence-corrected chi connectivity index (χ4v) is 24.6. The highest BCUT2D eigenvalue weighted by Gasteiger charge is 2.62. The Morgan fingerprint density at radius 1 is 0.103 bits per heavy atom. The molecule has 0 amide bonds. The van der Waals surface area contributed by atoms with Crippen LogP contribution in [0, 0.1) is 0 Å². The summed E-state index contributed by atoms with van der Waals surface area (Å²) < 4.78 is 0. The summed E-state index contributed by atoms with van der Waals surface area (Å²) in [6, 6.07) is 180. The van der Waals surface area contributed by atoms with E-state index < -0.39 is 21.7 Å².